The average molecular weight is 277 g/mol. The summed E-state index contributed by atoms with van der Waals surface area (Å²) in [5.41, 5.74) is 6.18. The van der Waals surface area contributed by atoms with Gasteiger partial charge < -0.3 is 15.7 Å². The van der Waals surface area contributed by atoms with E-state index < -0.39 is 0 Å². The van der Waals surface area contributed by atoms with Gasteiger partial charge in [-0.15, -0.1) is 0 Å². The standard InChI is InChI=1S/C15H23N3O2/c1-2-18(13-6-4-3-5-11(13)9-16)15(20)12-7-8-17-10-14(12)19/h7-8,10-11,13,19H,2-6,9,16H2,1H3. The minimum atomic E-state index is -0.127. The number of carbonyl (C=O) groups excluding carboxylic acids is 1. The van der Waals surface area contributed by atoms with Gasteiger partial charge in [-0.05, 0) is 38.3 Å². The van der Waals surface area contributed by atoms with Crippen LogP contribution in [0.2, 0.25) is 0 Å². The van der Waals surface area contributed by atoms with E-state index in [-0.39, 0.29) is 17.7 Å². The van der Waals surface area contributed by atoms with E-state index in [4.69, 9.17) is 5.73 Å². The van der Waals surface area contributed by atoms with Gasteiger partial charge >= 0.3 is 0 Å². The molecule has 1 aromatic heterocycles. The maximum absolute atomic E-state index is 12.7. The largest absolute Gasteiger partial charge is 0.505 e. The molecule has 0 saturated heterocycles. The lowest BCUT2D eigenvalue weighted by Crippen LogP contribution is -2.48. The zero-order chi connectivity index (χ0) is 14.5. The normalized spacial score (nSPS) is 22.5. The Morgan fingerprint density at radius 2 is 2.25 bits per heavy atom. The van der Waals surface area contributed by atoms with Crippen LogP contribution in [0.15, 0.2) is 18.5 Å². The molecule has 1 aliphatic rings. The summed E-state index contributed by atoms with van der Waals surface area (Å²) in [7, 11) is 0. The number of carbonyl (C=O) groups is 1. The van der Waals surface area contributed by atoms with Crippen molar-refractivity contribution in [1.29, 1.82) is 0 Å². The molecule has 5 nitrogen and oxygen atoms in total. The molecule has 3 N–H and O–H groups in total. The number of nitrogens with two attached hydrogens (primary N) is 1. The minimum Gasteiger partial charge on any atom is -0.505 e. The van der Waals surface area contributed by atoms with Crippen LogP contribution in [0.5, 0.6) is 5.75 Å². The Balaban J connectivity index is 2.23. The first kappa shape index (κ1) is 14.8. The zero-order valence-corrected chi connectivity index (χ0v) is 12.0. The highest BCUT2D eigenvalue weighted by molar-refractivity contribution is 5.96. The number of amides is 1. The van der Waals surface area contributed by atoms with Crippen LogP contribution in [0, 0.1) is 5.92 Å². The highest BCUT2D eigenvalue weighted by atomic mass is 16.3. The van der Waals surface area contributed by atoms with Crippen LogP contribution in [-0.4, -0.2) is 40.0 Å². The molecular weight excluding hydrogens is 254 g/mol. The Labute approximate surface area is 119 Å². The van der Waals surface area contributed by atoms with Gasteiger partial charge in [0.1, 0.15) is 5.75 Å². The lowest BCUT2D eigenvalue weighted by Gasteiger charge is -2.39. The summed E-state index contributed by atoms with van der Waals surface area (Å²) in [6.07, 6.45) is 7.23. The fraction of sp³-hybridized carbons (Fsp3) is 0.600. The molecule has 20 heavy (non-hydrogen) atoms. The zero-order valence-electron chi connectivity index (χ0n) is 12.0. The van der Waals surface area contributed by atoms with Gasteiger partial charge in [0.2, 0.25) is 0 Å². The Morgan fingerprint density at radius 3 is 2.90 bits per heavy atom. The number of hydrogen-bond acceptors (Lipinski definition) is 4. The maximum atomic E-state index is 12.7. The molecule has 1 aliphatic carbocycles. The number of pyridine rings is 1. The van der Waals surface area contributed by atoms with Crippen molar-refractivity contribution in [2.75, 3.05) is 13.1 Å². The Morgan fingerprint density at radius 1 is 1.50 bits per heavy atom. The van der Waals surface area contributed by atoms with Crippen molar-refractivity contribution in [3.63, 3.8) is 0 Å². The predicted molar refractivity (Wildman–Crippen MR) is 77.4 cm³/mol. The molecule has 0 aromatic carbocycles. The molecule has 1 heterocycles. The molecule has 0 bridgehead atoms. The Bertz CT molecular complexity index is 464. The van der Waals surface area contributed by atoms with E-state index in [0.717, 1.165) is 19.3 Å². The average Bonchev–Trinajstić information content (AvgIpc) is 2.49. The first-order valence-corrected chi connectivity index (χ1v) is 7.33. The Kier molecular flexibility index (Phi) is 4.95. The van der Waals surface area contributed by atoms with E-state index in [1.165, 1.54) is 18.8 Å². The van der Waals surface area contributed by atoms with Crippen molar-refractivity contribution < 1.29 is 9.90 Å². The summed E-state index contributed by atoms with van der Waals surface area (Å²) in [4.78, 5) is 18.3. The Hall–Kier alpha value is -1.62. The van der Waals surface area contributed by atoms with Crippen molar-refractivity contribution in [2.24, 2.45) is 11.7 Å². The lowest BCUT2D eigenvalue weighted by atomic mass is 9.83. The third-order valence-corrected chi connectivity index (χ3v) is 4.20. The van der Waals surface area contributed by atoms with Crippen LogP contribution in [0.3, 0.4) is 0 Å². The van der Waals surface area contributed by atoms with Gasteiger partial charge in [-0.1, -0.05) is 12.8 Å². The third-order valence-electron chi connectivity index (χ3n) is 4.20. The van der Waals surface area contributed by atoms with E-state index in [0.29, 0.717) is 24.6 Å². The molecule has 2 rings (SSSR count). The van der Waals surface area contributed by atoms with Gasteiger partial charge in [0.25, 0.3) is 5.91 Å². The van der Waals surface area contributed by atoms with Crippen LogP contribution in [-0.2, 0) is 0 Å². The quantitative estimate of drug-likeness (QED) is 0.879. The predicted octanol–water partition coefficient (Wildman–Crippen LogP) is 1.77. The smallest absolute Gasteiger partial charge is 0.257 e. The van der Waals surface area contributed by atoms with Crippen LogP contribution in [0.4, 0.5) is 0 Å². The van der Waals surface area contributed by atoms with Crippen LogP contribution in [0.1, 0.15) is 43.0 Å². The number of nitrogens with zero attached hydrogens (tertiary/aromatic N) is 2. The van der Waals surface area contributed by atoms with E-state index in [1.54, 1.807) is 6.07 Å². The van der Waals surface area contributed by atoms with E-state index in [2.05, 4.69) is 4.98 Å². The summed E-state index contributed by atoms with van der Waals surface area (Å²) < 4.78 is 0. The third kappa shape index (κ3) is 2.93. The summed E-state index contributed by atoms with van der Waals surface area (Å²) in [6, 6.07) is 1.75. The molecule has 1 saturated carbocycles. The molecule has 5 heteroatoms. The van der Waals surface area contributed by atoms with E-state index in [1.807, 2.05) is 11.8 Å². The fourth-order valence-electron chi connectivity index (χ4n) is 3.12. The molecule has 1 amide bonds. The molecule has 0 radical (unpaired) electrons. The SMILES string of the molecule is CCN(C(=O)c1ccncc1O)C1CCCCC1CN. The molecule has 0 aliphatic heterocycles. The topological polar surface area (TPSA) is 79.5 Å². The summed E-state index contributed by atoms with van der Waals surface area (Å²) in [5, 5.41) is 9.81. The molecule has 1 aromatic rings. The van der Waals surface area contributed by atoms with Crippen molar-refractivity contribution in [1.82, 2.24) is 9.88 Å². The van der Waals surface area contributed by atoms with Crippen molar-refractivity contribution in [3.05, 3.63) is 24.0 Å². The van der Waals surface area contributed by atoms with Crippen LogP contribution >= 0.6 is 0 Å². The first-order chi connectivity index (χ1) is 9.69. The summed E-state index contributed by atoms with van der Waals surface area (Å²) in [6.45, 7) is 3.21. The summed E-state index contributed by atoms with van der Waals surface area (Å²) >= 11 is 0. The van der Waals surface area contributed by atoms with Crippen molar-refractivity contribution in [3.8, 4) is 5.75 Å². The summed E-state index contributed by atoms with van der Waals surface area (Å²) in [5.74, 6) is 0.172. The molecule has 0 spiro atoms. The van der Waals surface area contributed by atoms with Crippen molar-refractivity contribution in [2.45, 2.75) is 38.6 Å². The van der Waals surface area contributed by atoms with Gasteiger partial charge in [0.05, 0.1) is 11.8 Å². The second-order valence-electron chi connectivity index (χ2n) is 5.33. The highest BCUT2D eigenvalue weighted by Crippen LogP contribution is 2.29. The van der Waals surface area contributed by atoms with Gasteiger partial charge in [-0.2, -0.15) is 0 Å². The molecule has 110 valence electrons. The van der Waals surface area contributed by atoms with E-state index >= 15 is 0 Å². The van der Waals surface area contributed by atoms with Crippen LogP contribution in [0.25, 0.3) is 0 Å². The number of hydrogen-bond donors (Lipinski definition) is 2. The second kappa shape index (κ2) is 6.70. The van der Waals surface area contributed by atoms with Gasteiger partial charge in [-0.25, -0.2) is 0 Å². The number of aromatic nitrogens is 1. The van der Waals surface area contributed by atoms with E-state index in [9.17, 15) is 9.90 Å². The first-order valence-electron chi connectivity index (χ1n) is 7.33. The molecule has 1 fully saturated rings. The monoisotopic (exact) mass is 277 g/mol. The molecule has 2 atom stereocenters. The lowest BCUT2D eigenvalue weighted by molar-refractivity contribution is 0.0557. The minimum absolute atomic E-state index is 0.0592. The maximum Gasteiger partial charge on any atom is 0.257 e. The second-order valence-corrected chi connectivity index (χ2v) is 5.33. The van der Waals surface area contributed by atoms with Crippen molar-refractivity contribution >= 4 is 5.91 Å². The van der Waals surface area contributed by atoms with Crippen LogP contribution < -0.4 is 5.73 Å². The fourth-order valence-corrected chi connectivity index (χ4v) is 3.12. The van der Waals surface area contributed by atoms with Gasteiger partial charge in [0.15, 0.2) is 0 Å². The number of rotatable bonds is 4. The highest BCUT2D eigenvalue weighted by Gasteiger charge is 2.32. The molecule has 2 unspecified atom stereocenters. The van der Waals surface area contributed by atoms with Gasteiger partial charge in [-0.3, -0.25) is 9.78 Å². The van der Waals surface area contributed by atoms with Gasteiger partial charge in [0, 0.05) is 18.8 Å². The number of aromatic hydroxyl groups is 1. The molecular formula is C15H23N3O2.